The van der Waals surface area contributed by atoms with E-state index in [1.54, 1.807) is 6.07 Å². The third kappa shape index (κ3) is 5.23. The highest BCUT2D eigenvalue weighted by atomic mass is 35.5. The Kier molecular flexibility index (Phi) is 6.59. The zero-order chi connectivity index (χ0) is 24.6. The second kappa shape index (κ2) is 9.66. The number of carbonyl (C=O) groups is 2. The summed E-state index contributed by atoms with van der Waals surface area (Å²) in [4.78, 5) is 37.4. The molecule has 0 atom stereocenters. The lowest BCUT2D eigenvalue weighted by Crippen LogP contribution is -2.46. The van der Waals surface area contributed by atoms with Crippen LogP contribution in [0.4, 0.5) is 14.7 Å². The average Bonchev–Trinajstić information content (AvgIpc) is 3.15. The molecule has 0 aliphatic carbocycles. The predicted molar refractivity (Wildman–Crippen MR) is 125 cm³/mol. The number of carbonyl (C=O) groups excluding carboxylic acids is 2. The third-order valence-electron chi connectivity index (χ3n) is 6.73. The molecule has 2 aromatic rings. The number of likely N-dealkylation sites (tertiary alicyclic amines) is 1. The zero-order valence-electron chi connectivity index (χ0n) is 19.1. The molecule has 1 aromatic heterocycles. The standard InChI is InChI=1S/C24H26ClF2N5O3/c25-19-12-28-23(29-17-3-9-35-10-4-17)30-21(19)15-1-2-16-13-32(22(34)18(16)11-15)14-20(33)31-7-5-24(26,27)6-8-31/h1-2,11-12,17H,3-10,13-14H2,(H,28,29,30). The van der Waals surface area contributed by atoms with Gasteiger partial charge in [0.15, 0.2) is 0 Å². The fourth-order valence-corrected chi connectivity index (χ4v) is 4.85. The van der Waals surface area contributed by atoms with Gasteiger partial charge in [0.05, 0.1) is 16.9 Å². The van der Waals surface area contributed by atoms with Crippen LogP contribution in [-0.2, 0) is 16.1 Å². The number of benzene rings is 1. The van der Waals surface area contributed by atoms with Crippen molar-refractivity contribution in [2.75, 3.05) is 38.2 Å². The largest absolute Gasteiger partial charge is 0.381 e. The highest BCUT2D eigenvalue weighted by molar-refractivity contribution is 6.33. The van der Waals surface area contributed by atoms with Gasteiger partial charge < -0.3 is 19.9 Å². The van der Waals surface area contributed by atoms with Crippen LogP contribution in [0.25, 0.3) is 11.3 Å². The molecular formula is C24H26ClF2N5O3. The summed E-state index contributed by atoms with van der Waals surface area (Å²) in [5.74, 6) is -2.86. The second-order valence-electron chi connectivity index (χ2n) is 9.19. The molecule has 3 aliphatic heterocycles. The Morgan fingerprint density at radius 3 is 2.71 bits per heavy atom. The van der Waals surface area contributed by atoms with Crippen LogP contribution in [-0.4, -0.2) is 76.4 Å². The minimum Gasteiger partial charge on any atom is -0.381 e. The molecule has 0 bridgehead atoms. The highest BCUT2D eigenvalue weighted by Crippen LogP contribution is 2.32. The van der Waals surface area contributed by atoms with Crippen molar-refractivity contribution >= 4 is 29.4 Å². The number of nitrogens with one attached hydrogen (secondary N) is 1. The van der Waals surface area contributed by atoms with Crippen molar-refractivity contribution in [3.8, 4) is 11.3 Å². The van der Waals surface area contributed by atoms with Gasteiger partial charge in [0.2, 0.25) is 11.9 Å². The van der Waals surface area contributed by atoms with Gasteiger partial charge in [-0.2, -0.15) is 0 Å². The van der Waals surface area contributed by atoms with Gasteiger partial charge in [0.25, 0.3) is 11.8 Å². The molecule has 0 unspecified atom stereocenters. The molecule has 4 heterocycles. The molecule has 0 radical (unpaired) electrons. The second-order valence-corrected chi connectivity index (χ2v) is 9.60. The van der Waals surface area contributed by atoms with Crippen LogP contribution in [0.1, 0.15) is 41.6 Å². The van der Waals surface area contributed by atoms with Gasteiger partial charge in [0.1, 0.15) is 6.54 Å². The van der Waals surface area contributed by atoms with Gasteiger partial charge in [-0.3, -0.25) is 9.59 Å². The topological polar surface area (TPSA) is 87.7 Å². The maximum Gasteiger partial charge on any atom is 0.254 e. The molecular weight excluding hydrogens is 480 g/mol. The van der Waals surface area contributed by atoms with Crippen LogP contribution >= 0.6 is 11.6 Å². The molecule has 2 fully saturated rings. The van der Waals surface area contributed by atoms with Crippen LogP contribution in [0.3, 0.4) is 0 Å². The van der Waals surface area contributed by atoms with E-state index in [1.807, 2.05) is 12.1 Å². The lowest BCUT2D eigenvalue weighted by atomic mass is 10.0. The van der Waals surface area contributed by atoms with Crippen LogP contribution in [0.5, 0.6) is 0 Å². The number of hydrogen-bond donors (Lipinski definition) is 1. The minimum atomic E-state index is -2.73. The smallest absolute Gasteiger partial charge is 0.254 e. The summed E-state index contributed by atoms with van der Waals surface area (Å²) in [5.41, 5.74) is 2.46. The molecule has 35 heavy (non-hydrogen) atoms. The first kappa shape index (κ1) is 23.9. The Morgan fingerprint density at radius 1 is 1.23 bits per heavy atom. The van der Waals surface area contributed by atoms with Crippen molar-refractivity contribution in [1.29, 1.82) is 0 Å². The van der Waals surface area contributed by atoms with E-state index in [2.05, 4.69) is 15.3 Å². The minimum absolute atomic E-state index is 0.00141. The van der Waals surface area contributed by atoms with Gasteiger partial charge in [-0.05, 0) is 24.5 Å². The number of halogens is 3. The van der Waals surface area contributed by atoms with Gasteiger partial charge in [-0.15, -0.1) is 0 Å². The summed E-state index contributed by atoms with van der Waals surface area (Å²) < 4.78 is 32.2. The van der Waals surface area contributed by atoms with Crippen molar-refractivity contribution in [2.24, 2.45) is 0 Å². The van der Waals surface area contributed by atoms with Crippen LogP contribution in [0, 0.1) is 0 Å². The monoisotopic (exact) mass is 505 g/mol. The maximum absolute atomic E-state index is 13.4. The zero-order valence-corrected chi connectivity index (χ0v) is 19.9. The van der Waals surface area contributed by atoms with E-state index < -0.39 is 5.92 Å². The van der Waals surface area contributed by atoms with Gasteiger partial charge in [-0.1, -0.05) is 23.7 Å². The lowest BCUT2D eigenvalue weighted by molar-refractivity contribution is -0.138. The number of piperidine rings is 1. The highest BCUT2D eigenvalue weighted by Gasteiger charge is 2.37. The Hall–Kier alpha value is -2.85. The molecule has 11 heteroatoms. The molecule has 2 saturated heterocycles. The maximum atomic E-state index is 13.4. The fraction of sp³-hybridized carbons (Fsp3) is 0.500. The molecule has 1 aromatic carbocycles. The van der Waals surface area contributed by atoms with E-state index in [4.69, 9.17) is 16.3 Å². The number of alkyl halides is 2. The first-order valence-corrected chi connectivity index (χ1v) is 12.1. The molecule has 3 aliphatic rings. The van der Waals surface area contributed by atoms with E-state index in [9.17, 15) is 18.4 Å². The number of aromatic nitrogens is 2. The normalized spacial score (nSPS) is 20.1. The SMILES string of the molecule is O=C(CN1Cc2ccc(-c3nc(NC4CCOCC4)ncc3Cl)cc2C1=O)N1CCC(F)(F)CC1. The van der Waals surface area contributed by atoms with Gasteiger partial charge in [-0.25, -0.2) is 18.7 Å². The summed E-state index contributed by atoms with van der Waals surface area (Å²) in [6, 6.07) is 5.63. The summed E-state index contributed by atoms with van der Waals surface area (Å²) in [6.45, 7) is 1.53. The number of rotatable bonds is 5. The van der Waals surface area contributed by atoms with Crippen molar-refractivity contribution < 1.29 is 23.1 Å². The van der Waals surface area contributed by atoms with Crippen molar-refractivity contribution in [1.82, 2.24) is 19.8 Å². The molecule has 0 saturated carbocycles. The molecule has 5 rings (SSSR count). The average molecular weight is 506 g/mol. The van der Waals surface area contributed by atoms with Crippen LogP contribution < -0.4 is 5.32 Å². The van der Waals surface area contributed by atoms with Crippen molar-refractivity contribution in [3.05, 3.63) is 40.5 Å². The Labute approximate surface area is 206 Å². The summed E-state index contributed by atoms with van der Waals surface area (Å²) in [5, 5.41) is 3.68. The first-order chi connectivity index (χ1) is 16.8. The molecule has 1 N–H and O–H groups in total. The Morgan fingerprint density at radius 2 is 1.97 bits per heavy atom. The molecule has 186 valence electrons. The fourth-order valence-electron chi connectivity index (χ4n) is 4.65. The van der Waals surface area contributed by atoms with Crippen molar-refractivity contribution in [3.63, 3.8) is 0 Å². The van der Waals surface area contributed by atoms with E-state index in [0.717, 1.165) is 18.4 Å². The van der Waals surface area contributed by atoms with Crippen LogP contribution in [0.2, 0.25) is 5.02 Å². The number of fused-ring (bicyclic) bond motifs is 1. The van der Waals surface area contributed by atoms with E-state index in [-0.39, 0.29) is 56.9 Å². The van der Waals surface area contributed by atoms with E-state index in [1.165, 1.54) is 16.0 Å². The number of anilines is 1. The summed E-state index contributed by atoms with van der Waals surface area (Å²) in [6.07, 6.45) is 2.57. The van der Waals surface area contributed by atoms with Gasteiger partial charge in [0, 0.05) is 62.9 Å². The number of nitrogens with zero attached hydrogens (tertiary/aromatic N) is 4. The molecule has 8 nitrogen and oxygen atoms in total. The quantitative estimate of drug-likeness (QED) is 0.668. The summed E-state index contributed by atoms with van der Waals surface area (Å²) in [7, 11) is 0. The number of hydrogen-bond acceptors (Lipinski definition) is 6. The number of ether oxygens (including phenoxy) is 1. The Balaban J connectivity index is 1.29. The third-order valence-corrected chi connectivity index (χ3v) is 7.01. The Bertz CT molecular complexity index is 1130. The first-order valence-electron chi connectivity index (χ1n) is 11.7. The number of amides is 2. The summed E-state index contributed by atoms with van der Waals surface area (Å²) >= 11 is 6.39. The van der Waals surface area contributed by atoms with Gasteiger partial charge >= 0.3 is 0 Å². The predicted octanol–water partition coefficient (Wildman–Crippen LogP) is 3.60. The van der Waals surface area contributed by atoms with Crippen molar-refractivity contribution in [2.45, 2.75) is 44.2 Å². The van der Waals surface area contributed by atoms with Crippen LogP contribution in [0.15, 0.2) is 24.4 Å². The lowest BCUT2D eigenvalue weighted by Gasteiger charge is -2.32. The van der Waals surface area contributed by atoms with E-state index in [0.29, 0.717) is 41.0 Å². The van der Waals surface area contributed by atoms with E-state index >= 15 is 0 Å². The molecule has 2 amide bonds. The molecule has 0 spiro atoms.